The summed E-state index contributed by atoms with van der Waals surface area (Å²) in [6.07, 6.45) is 18.7. The molecule has 1 aromatic carbocycles. The molecule has 0 amide bonds. The second kappa shape index (κ2) is 9.95. The fourth-order valence-corrected chi connectivity index (χ4v) is 5.94. The van der Waals surface area contributed by atoms with Crippen molar-refractivity contribution in [1.82, 2.24) is 34.4 Å². The minimum atomic E-state index is 0.275. The number of rotatable bonds is 6. The van der Waals surface area contributed by atoms with E-state index in [2.05, 4.69) is 43.0 Å². The zero-order chi connectivity index (χ0) is 24.5. The number of aromatic nitrogens is 6. The Labute approximate surface area is 211 Å². The summed E-state index contributed by atoms with van der Waals surface area (Å²) in [5, 5.41) is 18.8. The predicted molar refractivity (Wildman–Crippen MR) is 139 cm³/mol. The Morgan fingerprint density at radius 2 is 1.61 bits per heavy atom. The fraction of sp³-hybridized carbons (Fsp3) is 0.429. The van der Waals surface area contributed by atoms with E-state index in [0.29, 0.717) is 23.9 Å². The lowest BCUT2D eigenvalue weighted by molar-refractivity contribution is 0.0828. The van der Waals surface area contributed by atoms with Gasteiger partial charge in [0.2, 0.25) is 0 Å². The van der Waals surface area contributed by atoms with Crippen molar-refractivity contribution >= 4 is 0 Å². The first-order valence-corrected chi connectivity index (χ1v) is 13.0. The van der Waals surface area contributed by atoms with Crippen LogP contribution in [0.1, 0.15) is 44.6 Å². The SMILES string of the molecule is Cn1cc(-c2cccc(-c3ncc(-c4cnn([C@H]5CCC[C@@H](N6CCC[C@@H]6CO)C5)c4)cn3)c2)cn1. The van der Waals surface area contributed by atoms with Crippen molar-refractivity contribution in [2.24, 2.45) is 7.05 Å². The van der Waals surface area contributed by atoms with Gasteiger partial charge in [0.05, 0.1) is 25.0 Å². The number of aliphatic hydroxyl groups is 1. The van der Waals surface area contributed by atoms with Gasteiger partial charge in [-0.15, -0.1) is 0 Å². The molecule has 4 heterocycles. The largest absolute Gasteiger partial charge is 0.395 e. The summed E-state index contributed by atoms with van der Waals surface area (Å²) in [6, 6.07) is 9.52. The van der Waals surface area contributed by atoms with Gasteiger partial charge in [-0.25, -0.2) is 9.97 Å². The van der Waals surface area contributed by atoms with E-state index in [9.17, 15) is 5.11 Å². The molecule has 8 heteroatoms. The molecule has 1 saturated heterocycles. The third-order valence-corrected chi connectivity index (χ3v) is 7.84. The summed E-state index contributed by atoms with van der Waals surface area (Å²) < 4.78 is 3.94. The Morgan fingerprint density at radius 1 is 0.833 bits per heavy atom. The maximum absolute atomic E-state index is 9.76. The number of nitrogens with zero attached hydrogens (tertiary/aromatic N) is 7. The molecule has 0 radical (unpaired) electrons. The molecule has 1 aliphatic carbocycles. The van der Waals surface area contributed by atoms with Gasteiger partial charge < -0.3 is 5.11 Å². The van der Waals surface area contributed by atoms with Crippen LogP contribution in [0.5, 0.6) is 0 Å². The van der Waals surface area contributed by atoms with Gasteiger partial charge in [-0.05, 0) is 56.7 Å². The van der Waals surface area contributed by atoms with Gasteiger partial charge >= 0.3 is 0 Å². The maximum Gasteiger partial charge on any atom is 0.159 e. The van der Waals surface area contributed by atoms with Crippen molar-refractivity contribution in [1.29, 1.82) is 0 Å². The van der Waals surface area contributed by atoms with Crippen LogP contribution in [0.2, 0.25) is 0 Å². The predicted octanol–water partition coefficient (Wildman–Crippen LogP) is 4.35. The van der Waals surface area contributed by atoms with E-state index in [1.807, 2.05) is 50.2 Å². The molecule has 1 aliphatic heterocycles. The smallest absolute Gasteiger partial charge is 0.159 e. The number of aryl methyl sites for hydroxylation is 1. The van der Waals surface area contributed by atoms with Crippen LogP contribution in [0, 0.1) is 0 Å². The van der Waals surface area contributed by atoms with E-state index in [0.717, 1.165) is 53.6 Å². The Morgan fingerprint density at radius 3 is 2.42 bits per heavy atom. The van der Waals surface area contributed by atoms with Crippen LogP contribution in [-0.2, 0) is 7.05 Å². The lowest BCUT2D eigenvalue weighted by Gasteiger charge is -2.38. The van der Waals surface area contributed by atoms with E-state index in [4.69, 9.17) is 5.10 Å². The lowest BCUT2D eigenvalue weighted by atomic mass is 9.89. The average molecular weight is 484 g/mol. The summed E-state index contributed by atoms with van der Waals surface area (Å²) >= 11 is 0. The van der Waals surface area contributed by atoms with Gasteiger partial charge in [0.1, 0.15) is 0 Å². The number of benzene rings is 1. The Hall–Kier alpha value is -3.36. The molecule has 0 unspecified atom stereocenters. The van der Waals surface area contributed by atoms with Crippen molar-refractivity contribution in [3.05, 3.63) is 61.4 Å². The van der Waals surface area contributed by atoms with Crippen LogP contribution >= 0.6 is 0 Å². The van der Waals surface area contributed by atoms with Gasteiger partial charge in [0.25, 0.3) is 0 Å². The highest BCUT2D eigenvalue weighted by atomic mass is 16.3. The van der Waals surface area contributed by atoms with Crippen LogP contribution in [0.4, 0.5) is 0 Å². The van der Waals surface area contributed by atoms with Gasteiger partial charge in [-0.2, -0.15) is 10.2 Å². The Bertz CT molecular complexity index is 1310. The average Bonchev–Trinajstić information content (AvgIpc) is 3.70. The first-order chi connectivity index (χ1) is 17.7. The van der Waals surface area contributed by atoms with Crippen LogP contribution in [0.15, 0.2) is 61.4 Å². The lowest BCUT2D eigenvalue weighted by Crippen LogP contribution is -2.43. The summed E-state index contributed by atoms with van der Waals surface area (Å²) in [7, 11) is 1.92. The summed E-state index contributed by atoms with van der Waals surface area (Å²) in [5.74, 6) is 0.705. The number of aliphatic hydroxyl groups excluding tert-OH is 1. The quantitative estimate of drug-likeness (QED) is 0.439. The molecule has 1 saturated carbocycles. The molecular weight excluding hydrogens is 450 g/mol. The molecule has 2 fully saturated rings. The van der Waals surface area contributed by atoms with Crippen LogP contribution < -0.4 is 0 Å². The summed E-state index contributed by atoms with van der Waals surface area (Å²) in [6.45, 7) is 1.39. The fourth-order valence-electron chi connectivity index (χ4n) is 5.94. The van der Waals surface area contributed by atoms with Gasteiger partial charge in [-0.1, -0.05) is 18.2 Å². The highest BCUT2D eigenvalue weighted by Gasteiger charge is 2.34. The number of hydrogen-bond donors (Lipinski definition) is 1. The second-order valence-electron chi connectivity index (χ2n) is 10.2. The molecule has 3 aromatic heterocycles. The number of hydrogen-bond acceptors (Lipinski definition) is 6. The minimum absolute atomic E-state index is 0.275. The normalized spacial score (nSPS) is 22.8. The zero-order valence-corrected chi connectivity index (χ0v) is 20.7. The highest BCUT2D eigenvalue weighted by Crippen LogP contribution is 2.35. The highest BCUT2D eigenvalue weighted by molar-refractivity contribution is 5.70. The Kier molecular flexibility index (Phi) is 6.37. The molecule has 0 spiro atoms. The monoisotopic (exact) mass is 483 g/mol. The van der Waals surface area contributed by atoms with Crippen LogP contribution in [0.25, 0.3) is 33.6 Å². The van der Waals surface area contributed by atoms with E-state index in [1.165, 1.54) is 19.3 Å². The first-order valence-electron chi connectivity index (χ1n) is 13.0. The zero-order valence-electron chi connectivity index (χ0n) is 20.7. The maximum atomic E-state index is 9.76. The third kappa shape index (κ3) is 4.58. The van der Waals surface area contributed by atoms with Gasteiger partial charge in [-0.3, -0.25) is 14.3 Å². The second-order valence-corrected chi connectivity index (χ2v) is 10.2. The molecule has 36 heavy (non-hydrogen) atoms. The molecule has 6 rings (SSSR count). The van der Waals surface area contributed by atoms with E-state index in [-0.39, 0.29) is 6.61 Å². The molecule has 3 atom stereocenters. The molecule has 8 nitrogen and oxygen atoms in total. The van der Waals surface area contributed by atoms with Crippen molar-refractivity contribution < 1.29 is 5.11 Å². The van der Waals surface area contributed by atoms with Crippen molar-refractivity contribution in [2.45, 2.75) is 56.7 Å². The molecule has 186 valence electrons. The van der Waals surface area contributed by atoms with E-state index < -0.39 is 0 Å². The first kappa shape index (κ1) is 23.1. The minimum Gasteiger partial charge on any atom is -0.395 e. The molecule has 1 N–H and O–H groups in total. The van der Waals surface area contributed by atoms with Gasteiger partial charge in [0, 0.05) is 66.2 Å². The van der Waals surface area contributed by atoms with Crippen LogP contribution in [-0.4, -0.2) is 64.8 Å². The molecule has 0 bridgehead atoms. The van der Waals surface area contributed by atoms with Crippen molar-refractivity contribution in [3.8, 4) is 33.6 Å². The van der Waals surface area contributed by atoms with E-state index >= 15 is 0 Å². The van der Waals surface area contributed by atoms with E-state index in [1.54, 1.807) is 4.68 Å². The third-order valence-electron chi connectivity index (χ3n) is 7.84. The topological polar surface area (TPSA) is 84.9 Å². The van der Waals surface area contributed by atoms with Gasteiger partial charge in [0.15, 0.2) is 5.82 Å². The standard InChI is InChI=1S/C28H33N7O/c1-33-17-23(15-31-33)20-5-2-6-21(11-20)28-29-13-22(14-30-28)24-16-32-35(18-24)26-8-3-7-25(12-26)34-10-4-9-27(34)19-36/h2,5-6,11,13-18,25-27,36H,3-4,7-10,12,19H2,1H3/t25-,26+,27-/m1/s1. The summed E-state index contributed by atoms with van der Waals surface area (Å²) in [4.78, 5) is 11.9. The molecule has 4 aromatic rings. The number of likely N-dealkylation sites (tertiary alicyclic amines) is 1. The Balaban J connectivity index is 1.16. The van der Waals surface area contributed by atoms with Crippen molar-refractivity contribution in [2.75, 3.05) is 13.2 Å². The molecular formula is C28H33N7O. The summed E-state index contributed by atoms with van der Waals surface area (Å²) in [5.41, 5.74) is 5.17. The molecule has 2 aliphatic rings. The van der Waals surface area contributed by atoms with Crippen LogP contribution in [0.3, 0.4) is 0 Å². The van der Waals surface area contributed by atoms with Crippen molar-refractivity contribution in [3.63, 3.8) is 0 Å².